The number of hydrogen-bond donors (Lipinski definition) is 1. The van der Waals surface area contributed by atoms with Crippen LogP contribution in [0.15, 0.2) is 40.8 Å². The third-order valence-electron chi connectivity index (χ3n) is 4.15. The van der Waals surface area contributed by atoms with E-state index in [0.29, 0.717) is 23.8 Å². The van der Waals surface area contributed by atoms with E-state index in [1.807, 2.05) is 31.2 Å². The summed E-state index contributed by atoms with van der Waals surface area (Å²) in [6.07, 6.45) is 2.11. The Kier molecular flexibility index (Phi) is 6.04. The molecular formula is C19H23NO4S. The number of carbonyl (C=O) groups is 1. The first kappa shape index (κ1) is 17.9. The van der Waals surface area contributed by atoms with E-state index in [1.165, 1.54) is 5.56 Å². The minimum absolute atomic E-state index is 0.0976. The van der Waals surface area contributed by atoms with Gasteiger partial charge >= 0.3 is 0 Å². The van der Waals surface area contributed by atoms with Gasteiger partial charge in [-0.3, -0.25) is 9.00 Å². The maximum absolute atomic E-state index is 12.3. The van der Waals surface area contributed by atoms with Gasteiger partial charge in [-0.15, -0.1) is 0 Å². The van der Waals surface area contributed by atoms with Gasteiger partial charge in [0.2, 0.25) is 0 Å². The summed E-state index contributed by atoms with van der Waals surface area (Å²) in [7, 11) is -1.08. The standard InChI is InChI=1S/C19H23NO4S/c1-14-4-6-15(7-5-14)12-25(22)13-17-8-9-18(24-17)19(21)20-11-16-3-2-10-23-16/h4-9,16H,2-3,10-13H2,1H3,(H,20,21)/t16-,25-/m1/s1. The maximum atomic E-state index is 12.3. The Balaban J connectivity index is 1.49. The summed E-state index contributed by atoms with van der Waals surface area (Å²) >= 11 is 0. The fraction of sp³-hybridized carbons (Fsp3) is 0.421. The molecule has 1 aromatic heterocycles. The normalized spacial score (nSPS) is 18.2. The van der Waals surface area contributed by atoms with E-state index in [4.69, 9.17) is 9.15 Å². The molecule has 1 saturated heterocycles. The lowest BCUT2D eigenvalue weighted by Gasteiger charge is -2.09. The van der Waals surface area contributed by atoms with E-state index >= 15 is 0 Å². The van der Waals surface area contributed by atoms with Gasteiger partial charge in [0.15, 0.2) is 5.76 Å². The Labute approximate surface area is 150 Å². The fourth-order valence-electron chi connectivity index (χ4n) is 2.76. The second-order valence-electron chi connectivity index (χ2n) is 6.33. The summed E-state index contributed by atoms with van der Waals surface area (Å²) < 4.78 is 23.3. The van der Waals surface area contributed by atoms with Crippen LogP contribution in [0, 0.1) is 6.92 Å². The number of ether oxygens (including phenoxy) is 1. The van der Waals surface area contributed by atoms with E-state index in [2.05, 4.69) is 5.32 Å². The van der Waals surface area contributed by atoms with Crippen molar-refractivity contribution in [3.05, 3.63) is 59.0 Å². The predicted molar refractivity (Wildman–Crippen MR) is 96.7 cm³/mol. The topological polar surface area (TPSA) is 68.5 Å². The summed E-state index contributed by atoms with van der Waals surface area (Å²) in [5.74, 6) is 1.33. The molecule has 2 aromatic rings. The van der Waals surface area contributed by atoms with Crippen molar-refractivity contribution in [1.82, 2.24) is 5.32 Å². The second-order valence-corrected chi connectivity index (χ2v) is 7.78. The number of rotatable bonds is 7. The van der Waals surface area contributed by atoms with Gasteiger partial charge in [-0.25, -0.2) is 0 Å². The molecule has 5 nitrogen and oxygen atoms in total. The zero-order chi connectivity index (χ0) is 17.6. The zero-order valence-corrected chi connectivity index (χ0v) is 15.1. The van der Waals surface area contributed by atoms with Crippen molar-refractivity contribution >= 4 is 16.7 Å². The highest BCUT2D eigenvalue weighted by atomic mass is 32.2. The van der Waals surface area contributed by atoms with Crippen molar-refractivity contribution in [3.8, 4) is 0 Å². The molecular weight excluding hydrogens is 338 g/mol. The van der Waals surface area contributed by atoms with Crippen molar-refractivity contribution in [2.24, 2.45) is 0 Å². The highest BCUT2D eigenvalue weighted by Gasteiger charge is 2.18. The van der Waals surface area contributed by atoms with E-state index in [9.17, 15) is 9.00 Å². The Morgan fingerprint density at radius 2 is 2.00 bits per heavy atom. The molecule has 0 saturated carbocycles. The van der Waals surface area contributed by atoms with Gasteiger partial charge < -0.3 is 14.5 Å². The Hall–Kier alpha value is -1.92. The smallest absolute Gasteiger partial charge is 0.287 e. The molecule has 1 aromatic carbocycles. The monoisotopic (exact) mass is 361 g/mol. The Morgan fingerprint density at radius 3 is 2.72 bits per heavy atom. The molecule has 1 fully saturated rings. The third-order valence-corrected chi connectivity index (χ3v) is 5.41. The SMILES string of the molecule is Cc1ccc(C[S@@](=O)Cc2ccc(C(=O)NC[C@H]3CCCO3)o2)cc1. The van der Waals surface area contributed by atoms with Gasteiger partial charge in [-0.1, -0.05) is 29.8 Å². The van der Waals surface area contributed by atoms with Gasteiger partial charge in [-0.05, 0) is 37.5 Å². The molecule has 0 unspecified atom stereocenters. The summed E-state index contributed by atoms with van der Waals surface area (Å²) in [5.41, 5.74) is 2.21. The van der Waals surface area contributed by atoms with E-state index < -0.39 is 10.8 Å². The van der Waals surface area contributed by atoms with Crippen molar-refractivity contribution < 1.29 is 18.2 Å². The van der Waals surface area contributed by atoms with Crippen LogP contribution in [0.5, 0.6) is 0 Å². The van der Waals surface area contributed by atoms with Crippen molar-refractivity contribution in [3.63, 3.8) is 0 Å². The molecule has 6 heteroatoms. The van der Waals surface area contributed by atoms with Crippen LogP contribution in [-0.4, -0.2) is 29.4 Å². The predicted octanol–water partition coefficient (Wildman–Crippen LogP) is 2.95. The van der Waals surface area contributed by atoms with Gasteiger partial charge in [0.05, 0.1) is 11.9 Å². The fourth-order valence-corrected chi connectivity index (χ4v) is 3.90. The summed E-state index contributed by atoms with van der Waals surface area (Å²) in [6.45, 7) is 3.28. The molecule has 1 aliphatic rings. The molecule has 0 radical (unpaired) electrons. The van der Waals surface area contributed by atoms with Gasteiger partial charge in [0.25, 0.3) is 5.91 Å². The quantitative estimate of drug-likeness (QED) is 0.823. The first-order chi connectivity index (χ1) is 12.1. The molecule has 1 N–H and O–H groups in total. The molecule has 134 valence electrons. The molecule has 0 bridgehead atoms. The highest BCUT2D eigenvalue weighted by molar-refractivity contribution is 7.83. The molecule has 0 aliphatic carbocycles. The maximum Gasteiger partial charge on any atom is 0.287 e. The lowest BCUT2D eigenvalue weighted by Crippen LogP contribution is -2.31. The van der Waals surface area contributed by atoms with Crippen molar-refractivity contribution in [1.29, 1.82) is 0 Å². The first-order valence-electron chi connectivity index (χ1n) is 8.49. The molecule has 25 heavy (non-hydrogen) atoms. The third kappa shape index (κ3) is 5.28. The number of hydrogen-bond acceptors (Lipinski definition) is 4. The lowest BCUT2D eigenvalue weighted by atomic mass is 10.2. The van der Waals surface area contributed by atoms with Crippen molar-refractivity contribution in [2.75, 3.05) is 13.2 Å². The van der Waals surface area contributed by atoms with Crippen LogP contribution >= 0.6 is 0 Å². The Morgan fingerprint density at radius 1 is 1.20 bits per heavy atom. The number of furan rings is 1. The molecule has 1 amide bonds. The zero-order valence-electron chi connectivity index (χ0n) is 14.3. The highest BCUT2D eigenvalue weighted by Crippen LogP contribution is 2.14. The molecule has 2 heterocycles. The van der Waals surface area contributed by atoms with Gasteiger partial charge in [0, 0.05) is 29.7 Å². The van der Waals surface area contributed by atoms with E-state index in [0.717, 1.165) is 25.0 Å². The number of aryl methyl sites for hydroxylation is 1. The largest absolute Gasteiger partial charge is 0.455 e. The van der Waals surface area contributed by atoms with Crippen LogP contribution < -0.4 is 5.32 Å². The average Bonchev–Trinajstić information content (AvgIpc) is 3.26. The average molecular weight is 361 g/mol. The summed E-state index contributed by atoms with van der Waals surface area (Å²) in [5, 5.41) is 2.82. The summed E-state index contributed by atoms with van der Waals surface area (Å²) in [4.78, 5) is 12.1. The number of benzene rings is 1. The first-order valence-corrected chi connectivity index (χ1v) is 9.98. The minimum Gasteiger partial charge on any atom is -0.455 e. The molecule has 2 atom stereocenters. The van der Waals surface area contributed by atoms with Crippen LogP contribution in [0.25, 0.3) is 0 Å². The second kappa shape index (κ2) is 8.45. The Bertz CT molecular complexity index is 732. The van der Waals surface area contributed by atoms with Crippen LogP contribution in [0.3, 0.4) is 0 Å². The van der Waals surface area contributed by atoms with Crippen LogP contribution in [0.2, 0.25) is 0 Å². The van der Waals surface area contributed by atoms with Crippen LogP contribution in [0.4, 0.5) is 0 Å². The molecule has 0 spiro atoms. The molecule has 1 aliphatic heterocycles. The lowest BCUT2D eigenvalue weighted by molar-refractivity contribution is 0.0834. The van der Waals surface area contributed by atoms with E-state index in [1.54, 1.807) is 12.1 Å². The van der Waals surface area contributed by atoms with Crippen molar-refractivity contribution in [2.45, 2.75) is 37.4 Å². The van der Waals surface area contributed by atoms with Gasteiger partial charge in [-0.2, -0.15) is 0 Å². The van der Waals surface area contributed by atoms with Crippen LogP contribution in [-0.2, 0) is 27.0 Å². The van der Waals surface area contributed by atoms with E-state index in [-0.39, 0.29) is 17.8 Å². The number of nitrogens with one attached hydrogen (secondary N) is 1. The van der Waals surface area contributed by atoms with Gasteiger partial charge in [0.1, 0.15) is 5.76 Å². The van der Waals surface area contributed by atoms with Crippen LogP contribution in [0.1, 0.15) is 40.3 Å². The summed E-state index contributed by atoms with van der Waals surface area (Å²) in [6, 6.07) is 11.3. The number of carbonyl (C=O) groups excluding carboxylic acids is 1. The minimum atomic E-state index is -1.08. The molecule has 3 rings (SSSR count). The number of amides is 1.